The number of carboxylic acid groups (broad SMARTS) is 1. The Balaban J connectivity index is 2.39. The number of para-hydroxylation sites is 1. The molecule has 0 bridgehead atoms. The lowest BCUT2D eigenvalue weighted by molar-refractivity contribution is 0.209. The van der Waals surface area contributed by atoms with Gasteiger partial charge in [-0.15, -0.1) is 0 Å². The molecule has 22 heavy (non-hydrogen) atoms. The number of carbonyl (C=O) groups is 1. The zero-order chi connectivity index (χ0) is 15.9. The summed E-state index contributed by atoms with van der Waals surface area (Å²) in [5.41, 5.74) is 2.45. The Bertz CT molecular complexity index is 867. The van der Waals surface area contributed by atoms with E-state index < -0.39 is 6.09 Å². The molecule has 2 N–H and O–H groups in total. The normalized spacial score (nSPS) is 11.5. The Morgan fingerprint density at radius 2 is 2.09 bits per heavy atom. The molecule has 3 aromatic rings. The number of rotatable bonds is 3. The Kier molecular flexibility index (Phi) is 3.44. The van der Waals surface area contributed by atoms with Gasteiger partial charge in [0.15, 0.2) is 5.82 Å². The van der Waals surface area contributed by atoms with E-state index in [-0.39, 0.29) is 5.82 Å². The summed E-state index contributed by atoms with van der Waals surface area (Å²) in [6.45, 7) is 4.30. The number of fused-ring (bicyclic) bond motifs is 3. The monoisotopic (exact) mass is 298 g/mol. The van der Waals surface area contributed by atoms with E-state index in [1.54, 1.807) is 0 Å². The van der Waals surface area contributed by atoms with Crippen LogP contribution >= 0.6 is 0 Å². The van der Waals surface area contributed by atoms with Crippen LogP contribution in [0.25, 0.3) is 21.8 Å². The lowest BCUT2D eigenvalue weighted by Crippen LogP contribution is -2.09. The van der Waals surface area contributed by atoms with Crippen LogP contribution in [0.5, 0.6) is 0 Å². The molecule has 0 saturated heterocycles. The Morgan fingerprint density at radius 1 is 1.36 bits per heavy atom. The lowest BCUT2D eigenvalue weighted by Gasteiger charge is -2.08. The van der Waals surface area contributed by atoms with Crippen molar-refractivity contribution < 1.29 is 9.90 Å². The number of benzene rings is 1. The van der Waals surface area contributed by atoms with Crippen LogP contribution in [0.15, 0.2) is 24.3 Å². The van der Waals surface area contributed by atoms with Crippen molar-refractivity contribution in [1.82, 2.24) is 14.8 Å². The summed E-state index contributed by atoms with van der Waals surface area (Å²) in [6, 6.07) is 7.73. The standard InChI is InChI=1S/C16H18N4O2/c1-9(2)8-12-13-10-6-4-5-7-11(10)17-15(18-16(21)22)14(13)19-20(12)3/h4-7,9H,8H2,1-3H3,(H,17,18)(H,21,22). The maximum absolute atomic E-state index is 11.0. The van der Waals surface area contributed by atoms with E-state index in [4.69, 9.17) is 5.11 Å². The molecule has 0 aliphatic rings. The molecular formula is C16H18N4O2. The van der Waals surface area contributed by atoms with Gasteiger partial charge in [0.05, 0.1) is 5.52 Å². The number of nitrogens with zero attached hydrogens (tertiary/aromatic N) is 3. The summed E-state index contributed by atoms with van der Waals surface area (Å²) in [5.74, 6) is 0.758. The summed E-state index contributed by atoms with van der Waals surface area (Å²) >= 11 is 0. The second-order valence-corrected chi connectivity index (χ2v) is 5.80. The van der Waals surface area contributed by atoms with Gasteiger partial charge in [-0.25, -0.2) is 9.78 Å². The highest BCUT2D eigenvalue weighted by molar-refractivity contribution is 6.11. The van der Waals surface area contributed by atoms with Gasteiger partial charge in [0.25, 0.3) is 0 Å². The highest BCUT2D eigenvalue weighted by atomic mass is 16.4. The van der Waals surface area contributed by atoms with E-state index in [1.807, 2.05) is 36.0 Å². The van der Waals surface area contributed by atoms with Crippen molar-refractivity contribution in [2.75, 3.05) is 5.32 Å². The highest BCUT2D eigenvalue weighted by Gasteiger charge is 2.19. The van der Waals surface area contributed by atoms with Crippen molar-refractivity contribution in [2.24, 2.45) is 13.0 Å². The second-order valence-electron chi connectivity index (χ2n) is 5.80. The van der Waals surface area contributed by atoms with E-state index >= 15 is 0 Å². The molecule has 6 heteroatoms. The van der Waals surface area contributed by atoms with E-state index in [2.05, 4.69) is 29.2 Å². The maximum atomic E-state index is 11.0. The van der Waals surface area contributed by atoms with E-state index in [1.165, 1.54) is 0 Å². The van der Waals surface area contributed by atoms with Gasteiger partial charge in [0, 0.05) is 23.5 Å². The van der Waals surface area contributed by atoms with Crippen LogP contribution in [0.2, 0.25) is 0 Å². The SMILES string of the molecule is CC(C)Cc1c2c(nn1C)c(NC(=O)O)nc1ccccc12. The number of aromatic nitrogens is 3. The van der Waals surface area contributed by atoms with Gasteiger partial charge in [0.2, 0.25) is 0 Å². The van der Waals surface area contributed by atoms with Crippen molar-refractivity contribution in [1.29, 1.82) is 0 Å². The van der Waals surface area contributed by atoms with Crippen LogP contribution < -0.4 is 5.32 Å². The molecule has 0 saturated carbocycles. The molecule has 1 aromatic carbocycles. The maximum Gasteiger partial charge on any atom is 0.410 e. The first-order valence-electron chi connectivity index (χ1n) is 7.21. The molecule has 0 aliphatic heterocycles. The minimum atomic E-state index is -1.14. The largest absolute Gasteiger partial charge is 0.465 e. The van der Waals surface area contributed by atoms with Crippen molar-refractivity contribution in [3.05, 3.63) is 30.0 Å². The number of anilines is 1. The number of amides is 1. The second kappa shape index (κ2) is 5.29. The van der Waals surface area contributed by atoms with E-state index in [9.17, 15) is 4.79 Å². The van der Waals surface area contributed by atoms with E-state index in [0.29, 0.717) is 11.4 Å². The first-order valence-corrected chi connectivity index (χ1v) is 7.21. The molecule has 2 aromatic heterocycles. The molecule has 0 aliphatic carbocycles. The molecule has 0 spiro atoms. The lowest BCUT2D eigenvalue weighted by atomic mass is 10.0. The third kappa shape index (κ3) is 2.36. The first kappa shape index (κ1) is 14.3. The minimum Gasteiger partial charge on any atom is -0.465 e. The van der Waals surface area contributed by atoms with Crippen molar-refractivity contribution in [3.8, 4) is 0 Å². The smallest absolute Gasteiger partial charge is 0.410 e. The van der Waals surface area contributed by atoms with E-state index in [0.717, 1.165) is 28.4 Å². The number of nitrogens with one attached hydrogen (secondary N) is 1. The molecule has 3 rings (SSSR count). The van der Waals surface area contributed by atoms with Gasteiger partial charge in [-0.05, 0) is 18.4 Å². The number of pyridine rings is 1. The van der Waals surface area contributed by atoms with Crippen molar-refractivity contribution in [3.63, 3.8) is 0 Å². The zero-order valence-electron chi connectivity index (χ0n) is 12.8. The fourth-order valence-electron chi connectivity index (χ4n) is 2.77. The van der Waals surface area contributed by atoms with Crippen LogP contribution in [0.3, 0.4) is 0 Å². The average Bonchev–Trinajstić information content (AvgIpc) is 2.76. The summed E-state index contributed by atoms with van der Waals surface area (Å²) < 4.78 is 1.83. The Hall–Kier alpha value is -2.63. The molecule has 114 valence electrons. The van der Waals surface area contributed by atoms with Crippen molar-refractivity contribution >= 4 is 33.7 Å². The quantitative estimate of drug-likeness (QED) is 0.776. The highest BCUT2D eigenvalue weighted by Crippen LogP contribution is 2.32. The average molecular weight is 298 g/mol. The summed E-state index contributed by atoms with van der Waals surface area (Å²) in [5, 5.41) is 17.9. The number of hydrogen-bond donors (Lipinski definition) is 2. The van der Waals surface area contributed by atoms with Crippen LogP contribution in [0.4, 0.5) is 10.6 Å². The fraction of sp³-hybridized carbons (Fsp3) is 0.312. The van der Waals surface area contributed by atoms with Crippen LogP contribution in [-0.2, 0) is 13.5 Å². The zero-order valence-corrected chi connectivity index (χ0v) is 12.8. The van der Waals surface area contributed by atoms with Gasteiger partial charge >= 0.3 is 6.09 Å². The third-order valence-electron chi connectivity index (χ3n) is 3.62. The van der Waals surface area contributed by atoms with Gasteiger partial charge in [-0.1, -0.05) is 32.0 Å². The molecule has 0 radical (unpaired) electrons. The van der Waals surface area contributed by atoms with Crippen LogP contribution in [0, 0.1) is 5.92 Å². The van der Waals surface area contributed by atoms with Gasteiger partial charge in [-0.2, -0.15) is 5.10 Å². The fourth-order valence-corrected chi connectivity index (χ4v) is 2.77. The predicted molar refractivity (Wildman–Crippen MR) is 86.2 cm³/mol. The molecule has 0 unspecified atom stereocenters. The Morgan fingerprint density at radius 3 is 2.77 bits per heavy atom. The topological polar surface area (TPSA) is 80.0 Å². The summed E-state index contributed by atoms with van der Waals surface area (Å²) in [4.78, 5) is 15.4. The minimum absolute atomic E-state index is 0.284. The third-order valence-corrected chi connectivity index (χ3v) is 3.62. The molecule has 1 amide bonds. The van der Waals surface area contributed by atoms with Crippen LogP contribution in [0.1, 0.15) is 19.5 Å². The van der Waals surface area contributed by atoms with Gasteiger partial charge in [0.1, 0.15) is 5.52 Å². The summed E-state index contributed by atoms with van der Waals surface area (Å²) in [7, 11) is 1.89. The van der Waals surface area contributed by atoms with Gasteiger partial charge < -0.3 is 5.11 Å². The molecule has 0 atom stereocenters. The summed E-state index contributed by atoms with van der Waals surface area (Å²) in [6.07, 6.45) is -0.270. The van der Waals surface area contributed by atoms with Crippen molar-refractivity contribution in [2.45, 2.75) is 20.3 Å². The number of aryl methyl sites for hydroxylation is 1. The molecule has 0 fully saturated rings. The Labute approximate surface area is 127 Å². The molecule has 2 heterocycles. The molecular weight excluding hydrogens is 280 g/mol. The van der Waals surface area contributed by atoms with Crippen LogP contribution in [-0.4, -0.2) is 26.0 Å². The number of hydrogen-bond acceptors (Lipinski definition) is 3. The predicted octanol–water partition coefficient (Wildman–Crippen LogP) is 3.41. The van der Waals surface area contributed by atoms with Gasteiger partial charge in [-0.3, -0.25) is 10.00 Å². The molecule has 6 nitrogen and oxygen atoms in total. The first-order chi connectivity index (χ1) is 10.5.